The molecule has 1 fully saturated rings. The molecule has 0 radical (unpaired) electrons. The van der Waals surface area contributed by atoms with Gasteiger partial charge in [0.25, 0.3) is 0 Å². The fourth-order valence-corrected chi connectivity index (χ4v) is 2.36. The van der Waals surface area contributed by atoms with Crippen LogP contribution in [0.15, 0.2) is 18.2 Å². The summed E-state index contributed by atoms with van der Waals surface area (Å²) >= 11 is 0. The highest BCUT2D eigenvalue weighted by Gasteiger charge is 2.26. The highest BCUT2D eigenvalue weighted by atomic mass is 16.6. The van der Waals surface area contributed by atoms with E-state index in [2.05, 4.69) is 10.2 Å². The van der Waals surface area contributed by atoms with Gasteiger partial charge in [-0.15, -0.1) is 0 Å². The minimum atomic E-state index is -0.726. The third-order valence-corrected chi connectivity index (χ3v) is 3.55. The fraction of sp³-hybridized carbons (Fsp3) is 0.500. The van der Waals surface area contributed by atoms with Gasteiger partial charge in [-0.25, -0.2) is 0 Å². The molecule has 1 aromatic rings. The molecule has 0 saturated carbocycles. The zero-order valence-electron chi connectivity index (χ0n) is 11.1. The molecule has 8 nitrogen and oxygen atoms in total. The van der Waals surface area contributed by atoms with E-state index in [4.69, 9.17) is 0 Å². The highest BCUT2D eigenvalue weighted by molar-refractivity contribution is 5.54. The second-order valence-electron chi connectivity index (χ2n) is 4.88. The molecule has 0 aliphatic carbocycles. The lowest BCUT2D eigenvalue weighted by Crippen LogP contribution is -2.50. The van der Waals surface area contributed by atoms with Crippen molar-refractivity contribution < 1.29 is 9.85 Å². The molecular formula is C12H16N4O4. The van der Waals surface area contributed by atoms with E-state index in [0.29, 0.717) is 6.42 Å². The number of likely N-dealkylation sites (N-methyl/N-ethyl adjacent to an activating group) is 1. The Balaban J connectivity index is 2.22. The van der Waals surface area contributed by atoms with Crippen molar-refractivity contribution in [3.63, 3.8) is 0 Å². The summed E-state index contributed by atoms with van der Waals surface area (Å²) in [5, 5.41) is 24.9. The number of hydrogen-bond acceptors (Lipinski definition) is 6. The molecule has 2 rings (SSSR count). The van der Waals surface area contributed by atoms with Gasteiger partial charge in [0.05, 0.1) is 9.85 Å². The topological polar surface area (TPSA) is 102 Å². The minimum Gasteiger partial charge on any atom is -0.314 e. The lowest BCUT2D eigenvalue weighted by atomic mass is 10.0. The zero-order valence-corrected chi connectivity index (χ0v) is 11.1. The minimum absolute atomic E-state index is 0.241. The summed E-state index contributed by atoms with van der Waals surface area (Å²) in [7, 11) is 2.01. The van der Waals surface area contributed by atoms with E-state index >= 15 is 0 Å². The predicted octanol–water partition coefficient (Wildman–Crippen LogP) is 0.949. The van der Waals surface area contributed by atoms with Gasteiger partial charge >= 0.3 is 11.4 Å². The largest absolute Gasteiger partial charge is 0.346 e. The molecule has 1 unspecified atom stereocenters. The Kier molecular flexibility index (Phi) is 4.26. The summed E-state index contributed by atoms with van der Waals surface area (Å²) in [6.45, 7) is 2.65. The molecule has 1 aliphatic rings. The van der Waals surface area contributed by atoms with E-state index in [1.165, 1.54) is 12.1 Å². The van der Waals surface area contributed by atoms with Gasteiger partial charge < -0.3 is 10.2 Å². The second-order valence-corrected chi connectivity index (χ2v) is 4.88. The van der Waals surface area contributed by atoms with E-state index in [1.807, 2.05) is 7.05 Å². The first kappa shape index (κ1) is 14.4. The average Bonchev–Trinajstić information content (AvgIpc) is 2.41. The van der Waals surface area contributed by atoms with Crippen molar-refractivity contribution in [2.24, 2.45) is 0 Å². The molecule has 1 N–H and O–H groups in total. The maximum atomic E-state index is 10.9. The molecule has 1 aliphatic heterocycles. The van der Waals surface area contributed by atoms with Gasteiger partial charge in [0.2, 0.25) is 0 Å². The number of benzene rings is 1. The molecule has 1 atom stereocenters. The van der Waals surface area contributed by atoms with Crippen molar-refractivity contribution in [1.82, 2.24) is 10.2 Å². The van der Waals surface area contributed by atoms with E-state index in [-0.39, 0.29) is 6.04 Å². The number of nitrogens with zero attached hydrogens (tertiary/aromatic N) is 3. The van der Waals surface area contributed by atoms with Crippen molar-refractivity contribution in [2.45, 2.75) is 12.5 Å². The lowest BCUT2D eigenvalue weighted by molar-refractivity contribution is -0.422. The summed E-state index contributed by atoms with van der Waals surface area (Å²) in [5.74, 6) is 0. The van der Waals surface area contributed by atoms with Crippen LogP contribution in [0.25, 0.3) is 0 Å². The van der Waals surface area contributed by atoms with Gasteiger partial charge in [-0.05, 0) is 19.0 Å². The number of piperazine rings is 1. The van der Waals surface area contributed by atoms with Crippen molar-refractivity contribution in [1.29, 1.82) is 0 Å². The van der Waals surface area contributed by atoms with Crippen LogP contribution < -0.4 is 5.32 Å². The maximum absolute atomic E-state index is 10.9. The Hall–Kier alpha value is -2.06. The summed E-state index contributed by atoms with van der Waals surface area (Å²) in [6.07, 6.45) is 0.627. The van der Waals surface area contributed by atoms with Crippen LogP contribution in [-0.4, -0.2) is 47.5 Å². The van der Waals surface area contributed by atoms with Crippen molar-refractivity contribution in [3.8, 4) is 0 Å². The van der Waals surface area contributed by atoms with Gasteiger partial charge in [0.1, 0.15) is 0 Å². The molecule has 0 bridgehead atoms. The number of nitrogens with one attached hydrogen (secondary N) is 1. The molecule has 1 saturated heterocycles. The normalized spacial score (nSPS) is 19.8. The Bertz CT molecular complexity index is 534. The van der Waals surface area contributed by atoms with Crippen LogP contribution in [0.3, 0.4) is 0 Å². The maximum Gasteiger partial charge on any atom is 0.346 e. The molecule has 0 spiro atoms. The van der Waals surface area contributed by atoms with E-state index in [0.717, 1.165) is 25.2 Å². The van der Waals surface area contributed by atoms with E-state index in [1.54, 1.807) is 6.07 Å². The molecule has 1 heterocycles. The van der Waals surface area contributed by atoms with Gasteiger partial charge in [0, 0.05) is 37.8 Å². The Morgan fingerprint density at radius 1 is 1.30 bits per heavy atom. The van der Waals surface area contributed by atoms with Crippen LogP contribution in [0.2, 0.25) is 0 Å². The molecule has 1 aromatic carbocycles. The number of hydrogen-bond donors (Lipinski definition) is 1. The van der Waals surface area contributed by atoms with Crippen LogP contribution in [0, 0.1) is 20.2 Å². The summed E-state index contributed by atoms with van der Waals surface area (Å²) in [6, 6.07) is 4.35. The molecule has 0 aromatic heterocycles. The fourth-order valence-electron chi connectivity index (χ4n) is 2.36. The molecule has 20 heavy (non-hydrogen) atoms. The molecule has 8 heteroatoms. The summed E-state index contributed by atoms with van der Waals surface area (Å²) in [5.41, 5.74) is -0.171. The Labute approximate surface area is 115 Å². The summed E-state index contributed by atoms with van der Waals surface area (Å²) in [4.78, 5) is 22.4. The third-order valence-electron chi connectivity index (χ3n) is 3.55. The number of nitro benzene ring substituents is 2. The quantitative estimate of drug-likeness (QED) is 0.650. The van der Waals surface area contributed by atoms with E-state index < -0.39 is 21.2 Å². The van der Waals surface area contributed by atoms with Crippen molar-refractivity contribution in [2.75, 3.05) is 26.7 Å². The first-order chi connectivity index (χ1) is 9.49. The van der Waals surface area contributed by atoms with Gasteiger partial charge in [-0.3, -0.25) is 20.2 Å². The van der Waals surface area contributed by atoms with Crippen LogP contribution in [0.4, 0.5) is 11.4 Å². The molecule has 108 valence electrons. The zero-order chi connectivity index (χ0) is 14.7. The summed E-state index contributed by atoms with van der Waals surface area (Å²) < 4.78 is 0. The first-order valence-electron chi connectivity index (χ1n) is 6.31. The molecule has 0 amide bonds. The Morgan fingerprint density at radius 2 is 2.00 bits per heavy atom. The third kappa shape index (κ3) is 3.09. The van der Waals surface area contributed by atoms with E-state index in [9.17, 15) is 20.2 Å². The lowest BCUT2D eigenvalue weighted by Gasteiger charge is -2.33. The van der Waals surface area contributed by atoms with Crippen LogP contribution in [-0.2, 0) is 6.42 Å². The van der Waals surface area contributed by atoms with Crippen molar-refractivity contribution >= 4 is 11.4 Å². The molecular weight excluding hydrogens is 264 g/mol. The van der Waals surface area contributed by atoms with Crippen LogP contribution in [0.5, 0.6) is 0 Å². The van der Waals surface area contributed by atoms with Gasteiger partial charge in [-0.1, -0.05) is 6.07 Å². The van der Waals surface area contributed by atoms with Gasteiger partial charge in [0.15, 0.2) is 0 Å². The number of nitro groups is 2. The number of rotatable bonds is 4. The average molecular weight is 280 g/mol. The Morgan fingerprint density at radius 3 is 2.60 bits per heavy atom. The second kappa shape index (κ2) is 5.93. The highest BCUT2D eigenvalue weighted by Crippen LogP contribution is 2.28. The smallest absolute Gasteiger partial charge is 0.314 e. The van der Waals surface area contributed by atoms with Crippen LogP contribution >= 0.6 is 0 Å². The van der Waals surface area contributed by atoms with Crippen molar-refractivity contribution in [3.05, 3.63) is 44.0 Å². The monoisotopic (exact) mass is 280 g/mol. The SMILES string of the molecule is CN1CCNCC1Cc1ccc([N+](=O)[O-])c([N+](=O)[O-])c1. The first-order valence-corrected chi connectivity index (χ1v) is 6.31. The van der Waals surface area contributed by atoms with Crippen LogP contribution in [0.1, 0.15) is 5.56 Å². The predicted molar refractivity (Wildman–Crippen MR) is 72.7 cm³/mol. The van der Waals surface area contributed by atoms with Gasteiger partial charge in [-0.2, -0.15) is 0 Å². The standard InChI is InChI=1S/C12H16N4O4/c1-14-5-4-13-8-10(14)6-9-2-3-11(15(17)18)12(7-9)16(19)20/h2-3,7,10,13H,4-6,8H2,1H3.